The molecule has 0 spiro atoms. The number of aromatic nitrogens is 4. The van der Waals surface area contributed by atoms with E-state index in [-0.39, 0.29) is 11.5 Å². The number of hydrogen-bond acceptors (Lipinski definition) is 6. The smallest absolute Gasteiger partial charge is 0.328 e. The summed E-state index contributed by atoms with van der Waals surface area (Å²) in [6.45, 7) is 0. The first kappa shape index (κ1) is 12.8. The number of nitrogens with one attached hydrogen (secondary N) is 1. The minimum atomic E-state index is -0.574. The minimum absolute atomic E-state index is 0.0774. The highest BCUT2D eigenvalue weighted by Crippen LogP contribution is 2.35. The summed E-state index contributed by atoms with van der Waals surface area (Å²) < 4.78 is 6.08. The van der Waals surface area contributed by atoms with Crippen LogP contribution in [0.25, 0.3) is 11.5 Å². The maximum atomic E-state index is 12.0. The monoisotopic (exact) mass is 277 g/mol. The normalized spacial score (nSPS) is 17.5. The summed E-state index contributed by atoms with van der Waals surface area (Å²) >= 11 is 0. The van der Waals surface area contributed by atoms with E-state index >= 15 is 0 Å². The Labute approximate surface area is 113 Å². The Balaban J connectivity index is 2.05. The lowest BCUT2D eigenvalue weighted by Gasteiger charge is -2.17. The van der Waals surface area contributed by atoms with Crippen molar-refractivity contribution in [2.24, 2.45) is 12.8 Å². The van der Waals surface area contributed by atoms with Gasteiger partial charge in [0.25, 0.3) is 11.4 Å². The predicted octanol–water partition coefficient (Wildman–Crippen LogP) is -0.148. The molecule has 0 atom stereocenters. The fourth-order valence-corrected chi connectivity index (χ4v) is 2.48. The van der Waals surface area contributed by atoms with E-state index in [1.54, 1.807) is 0 Å². The molecule has 1 fully saturated rings. The van der Waals surface area contributed by atoms with E-state index in [0.717, 1.165) is 30.3 Å². The molecule has 2 heterocycles. The van der Waals surface area contributed by atoms with Gasteiger partial charge in [0.15, 0.2) is 5.82 Å². The van der Waals surface area contributed by atoms with E-state index in [1.165, 1.54) is 13.2 Å². The molecule has 0 bridgehead atoms. The highest BCUT2D eigenvalue weighted by Gasteiger charge is 2.36. The Morgan fingerprint density at radius 2 is 2.10 bits per heavy atom. The SMILES string of the molecule is Cn1c(=O)[nH]cc(-c2nc(C3(N)CCCC3)no2)c1=O. The van der Waals surface area contributed by atoms with Gasteiger partial charge in [0.2, 0.25) is 0 Å². The number of aromatic amines is 1. The average molecular weight is 277 g/mol. The number of hydrogen-bond donors (Lipinski definition) is 2. The van der Waals surface area contributed by atoms with E-state index in [0.29, 0.717) is 5.82 Å². The summed E-state index contributed by atoms with van der Waals surface area (Å²) in [4.78, 5) is 30.0. The molecule has 3 N–H and O–H groups in total. The molecule has 2 aromatic rings. The van der Waals surface area contributed by atoms with Crippen molar-refractivity contribution >= 4 is 0 Å². The molecule has 20 heavy (non-hydrogen) atoms. The highest BCUT2D eigenvalue weighted by atomic mass is 16.5. The molecular weight excluding hydrogens is 262 g/mol. The van der Waals surface area contributed by atoms with Crippen LogP contribution in [0.5, 0.6) is 0 Å². The molecule has 0 amide bonds. The second-order valence-electron chi connectivity index (χ2n) is 5.16. The van der Waals surface area contributed by atoms with Crippen LogP contribution in [0.4, 0.5) is 0 Å². The van der Waals surface area contributed by atoms with Crippen molar-refractivity contribution in [3.8, 4) is 11.5 Å². The number of H-pyrrole nitrogens is 1. The standard InChI is InChI=1S/C12H15N5O3/c1-17-9(18)7(6-14-11(17)19)8-15-10(16-20-8)12(13)4-2-3-5-12/h6H,2-5,13H2,1H3,(H,14,19). The lowest BCUT2D eigenvalue weighted by Crippen LogP contribution is -2.34. The summed E-state index contributed by atoms with van der Waals surface area (Å²) in [6.07, 6.45) is 4.94. The zero-order valence-corrected chi connectivity index (χ0v) is 11.0. The van der Waals surface area contributed by atoms with E-state index in [2.05, 4.69) is 15.1 Å². The first-order valence-electron chi connectivity index (χ1n) is 6.43. The molecule has 8 nitrogen and oxygen atoms in total. The van der Waals surface area contributed by atoms with Crippen molar-refractivity contribution in [2.75, 3.05) is 0 Å². The lowest BCUT2D eigenvalue weighted by molar-refractivity contribution is 0.372. The zero-order chi connectivity index (χ0) is 14.3. The number of nitrogens with zero attached hydrogens (tertiary/aromatic N) is 3. The molecule has 3 rings (SSSR count). The minimum Gasteiger partial charge on any atom is -0.334 e. The molecule has 0 radical (unpaired) electrons. The molecule has 1 saturated carbocycles. The number of rotatable bonds is 2. The summed E-state index contributed by atoms with van der Waals surface area (Å²) in [5, 5.41) is 3.89. The summed E-state index contributed by atoms with van der Waals surface area (Å²) in [6, 6.07) is 0. The third-order valence-corrected chi connectivity index (χ3v) is 3.78. The summed E-state index contributed by atoms with van der Waals surface area (Å²) in [5.74, 6) is 0.492. The molecule has 0 unspecified atom stereocenters. The van der Waals surface area contributed by atoms with Crippen LogP contribution >= 0.6 is 0 Å². The summed E-state index contributed by atoms with van der Waals surface area (Å²) in [7, 11) is 1.38. The van der Waals surface area contributed by atoms with Crippen molar-refractivity contribution in [1.29, 1.82) is 0 Å². The summed E-state index contributed by atoms with van der Waals surface area (Å²) in [5.41, 5.74) is 4.84. The van der Waals surface area contributed by atoms with Crippen molar-refractivity contribution in [1.82, 2.24) is 19.7 Å². The van der Waals surface area contributed by atoms with Crippen molar-refractivity contribution in [3.05, 3.63) is 32.9 Å². The molecule has 1 aliphatic rings. The van der Waals surface area contributed by atoms with Crippen LogP contribution < -0.4 is 17.0 Å². The van der Waals surface area contributed by atoms with Gasteiger partial charge in [-0.2, -0.15) is 4.98 Å². The molecule has 0 aromatic carbocycles. The Bertz CT molecular complexity index is 751. The molecular formula is C12H15N5O3. The third-order valence-electron chi connectivity index (χ3n) is 3.78. The fourth-order valence-electron chi connectivity index (χ4n) is 2.48. The van der Waals surface area contributed by atoms with Gasteiger partial charge in [-0.25, -0.2) is 4.79 Å². The van der Waals surface area contributed by atoms with Crippen LogP contribution in [-0.2, 0) is 12.6 Å². The van der Waals surface area contributed by atoms with Gasteiger partial charge in [-0.15, -0.1) is 0 Å². The van der Waals surface area contributed by atoms with E-state index in [1.807, 2.05) is 0 Å². The second-order valence-corrected chi connectivity index (χ2v) is 5.16. The van der Waals surface area contributed by atoms with Crippen molar-refractivity contribution in [3.63, 3.8) is 0 Å². The van der Waals surface area contributed by atoms with Crippen LogP contribution in [0.15, 0.2) is 20.3 Å². The van der Waals surface area contributed by atoms with Gasteiger partial charge in [-0.1, -0.05) is 18.0 Å². The Hall–Kier alpha value is -2.22. The van der Waals surface area contributed by atoms with E-state index in [9.17, 15) is 9.59 Å². The van der Waals surface area contributed by atoms with Gasteiger partial charge in [-0.05, 0) is 12.8 Å². The fraction of sp³-hybridized carbons (Fsp3) is 0.500. The number of nitrogens with two attached hydrogens (primary N) is 1. The third kappa shape index (κ3) is 1.88. The van der Waals surface area contributed by atoms with Gasteiger partial charge in [-0.3, -0.25) is 9.36 Å². The molecule has 106 valence electrons. The molecule has 0 aliphatic heterocycles. The van der Waals surface area contributed by atoms with Crippen molar-refractivity contribution in [2.45, 2.75) is 31.2 Å². The Kier molecular flexibility index (Phi) is 2.82. The van der Waals surface area contributed by atoms with Gasteiger partial charge in [0, 0.05) is 13.2 Å². The van der Waals surface area contributed by atoms with Gasteiger partial charge in [0.05, 0.1) is 5.54 Å². The van der Waals surface area contributed by atoms with Crippen LogP contribution in [0.3, 0.4) is 0 Å². The molecule has 0 saturated heterocycles. The van der Waals surface area contributed by atoms with Crippen LogP contribution in [0.2, 0.25) is 0 Å². The first-order valence-corrected chi connectivity index (χ1v) is 6.43. The van der Waals surface area contributed by atoms with Gasteiger partial charge < -0.3 is 15.2 Å². The zero-order valence-electron chi connectivity index (χ0n) is 11.0. The van der Waals surface area contributed by atoms with Gasteiger partial charge >= 0.3 is 5.69 Å². The van der Waals surface area contributed by atoms with Crippen LogP contribution in [-0.4, -0.2) is 19.7 Å². The average Bonchev–Trinajstić information content (AvgIpc) is 3.06. The molecule has 8 heteroatoms. The van der Waals surface area contributed by atoms with E-state index < -0.39 is 16.8 Å². The topological polar surface area (TPSA) is 120 Å². The maximum Gasteiger partial charge on any atom is 0.328 e. The van der Waals surface area contributed by atoms with Crippen LogP contribution in [0, 0.1) is 0 Å². The van der Waals surface area contributed by atoms with Crippen molar-refractivity contribution < 1.29 is 4.52 Å². The Morgan fingerprint density at radius 1 is 1.40 bits per heavy atom. The maximum absolute atomic E-state index is 12.0. The lowest BCUT2D eigenvalue weighted by atomic mass is 9.99. The van der Waals surface area contributed by atoms with E-state index in [4.69, 9.17) is 10.3 Å². The highest BCUT2D eigenvalue weighted by molar-refractivity contribution is 5.49. The molecule has 2 aromatic heterocycles. The quantitative estimate of drug-likeness (QED) is 0.787. The largest absolute Gasteiger partial charge is 0.334 e. The van der Waals surface area contributed by atoms with Gasteiger partial charge in [0.1, 0.15) is 5.56 Å². The second kappa shape index (κ2) is 4.41. The first-order chi connectivity index (χ1) is 9.51. The Morgan fingerprint density at radius 3 is 2.80 bits per heavy atom. The molecule has 1 aliphatic carbocycles. The predicted molar refractivity (Wildman–Crippen MR) is 69.9 cm³/mol. The van der Waals surface area contributed by atoms with Crippen LogP contribution in [0.1, 0.15) is 31.5 Å².